The van der Waals surface area contributed by atoms with Gasteiger partial charge in [0.1, 0.15) is 13.2 Å². The van der Waals surface area contributed by atoms with Crippen LogP contribution in [0, 0.1) is 0 Å². The molecule has 0 aliphatic carbocycles. The summed E-state index contributed by atoms with van der Waals surface area (Å²) in [6, 6.07) is 21.4. The molecule has 0 aliphatic heterocycles. The zero-order valence-electron chi connectivity index (χ0n) is 16.5. The van der Waals surface area contributed by atoms with Crippen molar-refractivity contribution in [3.63, 3.8) is 0 Å². The van der Waals surface area contributed by atoms with Crippen LogP contribution in [-0.2, 0) is 16.1 Å². The number of aromatic nitrogens is 4. The second kappa shape index (κ2) is 9.00. The maximum atomic E-state index is 12.4. The monoisotopic (exact) mass is 399 g/mol. The molecule has 0 aliphatic rings. The molecule has 0 N–H and O–H groups in total. The van der Waals surface area contributed by atoms with E-state index in [-0.39, 0.29) is 19.1 Å². The van der Waals surface area contributed by atoms with Crippen molar-refractivity contribution in [1.82, 2.24) is 19.7 Å². The van der Waals surface area contributed by atoms with Gasteiger partial charge >= 0.3 is 5.97 Å². The molecule has 0 fully saturated rings. The van der Waals surface area contributed by atoms with Crippen LogP contribution in [0.5, 0.6) is 0 Å². The standard InChI is InChI=1S/C23H21N5O2/c1-27(23-24-13-8-14-25-23)16-21(29)30-17-19-15-28(20-11-6-3-7-12-20)26-22(19)18-9-4-2-5-10-18/h2-15H,16-17H2,1H3. The Balaban J connectivity index is 1.51. The molecule has 150 valence electrons. The van der Waals surface area contributed by atoms with Crippen LogP contribution in [0.2, 0.25) is 0 Å². The molecule has 4 rings (SSSR count). The minimum absolute atomic E-state index is 0.0531. The number of anilines is 1. The van der Waals surface area contributed by atoms with E-state index >= 15 is 0 Å². The molecule has 30 heavy (non-hydrogen) atoms. The number of likely N-dealkylation sites (N-methyl/N-ethyl adjacent to an activating group) is 1. The highest BCUT2D eigenvalue weighted by Crippen LogP contribution is 2.24. The Bertz CT molecular complexity index is 1100. The van der Waals surface area contributed by atoms with Crippen LogP contribution in [0.1, 0.15) is 5.56 Å². The normalized spacial score (nSPS) is 10.6. The van der Waals surface area contributed by atoms with E-state index in [0.717, 1.165) is 22.5 Å². The van der Waals surface area contributed by atoms with Crippen LogP contribution in [0.4, 0.5) is 5.95 Å². The third kappa shape index (κ3) is 4.52. The zero-order valence-corrected chi connectivity index (χ0v) is 16.5. The molecule has 0 bridgehead atoms. The van der Waals surface area contributed by atoms with Crippen molar-refractivity contribution in [2.24, 2.45) is 0 Å². The topological polar surface area (TPSA) is 73.1 Å². The van der Waals surface area contributed by atoms with E-state index < -0.39 is 0 Å². The van der Waals surface area contributed by atoms with Crippen LogP contribution in [0.3, 0.4) is 0 Å². The lowest BCUT2D eigenvalue weighted by Crippen LogP contribution is -2.28. The summed E-state index contributed by atoms with van der Waals surface area (Å²) in [6.45, 7) is 0.177. The van der Waals surface area contributed by atoms with E-state index in [0.29, 0.717) is 5.95 Å². The molecule has 7 nitrogen and oxygen atoms in total. The smallest absolute Gasteiger partial charge is 0.325 e. The third-order valence-corrected chi connectivity index (χ3v) is 4.51. The average Bonchev–Trinajstić information content (AvgIpc) is 3.24. The summed E-state index contributed by atoms with van der Waals surface area (Å²) in [5.74, 6) is 0.104. The fraction of sp³-hybridized carbons (Fsp3) is 0.130. The van der Waals surface area contributed by atoms with Crippen molar-refractivity contribution in [3.8, 4) is 16.9 Å². The summed E-state index contributed by atoms with van der Waals surface area (Å²) in [4.78, 5) is 22.3. The Morgan fingerprint density at radius 2 is 1.63 bits per heavy atom. The van der Waals surface area contributed by atoms with Crippen molar-refractivity contribution in [2.75, 3.05) is 18.5 Å². The number of hydrogen-bond donors (Lipinski definition) is 0. The first-order valence-electron chi connectivity index (χ1n) is 9.54. The van der Waals surface area contributed by atoms with Gasteiger partial charge in [0.25, 0.3) is 0 Å². The van der Waals surface area contributed by atoms with E-state index in [9.17, 15) is 4.79 Å². The largest absolute Gasteiger partial charge is 0.459 e. The number of para-hydroxylation sites is 1. The number of nitrogens with zero attached hydrogens (tertiary/aromatic N) is 5. The molecule has 0 amide bonds. The lowest BCUT2D eigenvalue weighted by Gasteiger charge is -2.15. The van der Waals surface area contributed by atoms with Crippen LogP contribution < -0.4 is 4.90 Å². The quantitative estimate of drug-likeness (QED) is 0.443. The van der Waals surface area contributed by atoms with Gasteiger partial charge in [0.2, 0.25) is 5.95 Å². The summed E-state index contributed by atoms with van der Waals surface area (Å²) in [6.07, 6.45) is 5.16. The van der Waals surface area contributed by atoms with Gasteiger partial charge in [0.05, 0.1) is 11.4 Å². The van der Waals surface area contributed by atoms with E-state index in [1.165, 1.54) is 0 Å². The summed E-state index contributed by atoms with van der Waals surface area (Å²) in [7, 11) is 1.75. The molecule has 2 heterocycles. The number of benzene rings is 2. The molecule has 0 unspecified atom stereocenters. The van der Waals surface area contributed by atoms with Gasteiger partial charge in [0, 0.05) is 36.8 Å². The van der Waals surface area contributed by atoms with E-state index in [2.05, 4.69) is 9.97 Å². The highest BCUT2D eigenvalue weighted by atomic mass is 16.5. The van der Waals surface area contributed by atoms with Gasteiger partial charge in [0.15, 0.2) is 0 Å². The molecule has 0 saturated carbocycles. The molecule has 0 spiro atoms. The van der Waals surface area contributed by atoms with Gasteiger partial charge in [-0.25, -0.2) is 14.6 Å². The summed E-state index contributed by atoms with van der Waals surface area (Å²) >= 11 is 0. The summed E-state index contributed by atoms with van der Waals surface area (Å²) in [5, 5.41) is 4.73. The Labute approximate surface area is 174 Å². The minimum Gasteiger partial charge on any atom is -0.459 e. The van der Waals surface area contributed by atoms with E-state index in [1.54, 1.807) is 35.1 Å². The molecule has 7 heteroatoms. The highest BCUT2D eigenvalue weighted by molar-refractivity contribution is 5.75. The maximum absolute atomic E-state index is 12.4. The second-order valence-corrected chi connectivity index (χ2v) is 6.71. The number of ether oxygens (including phenoxy) is 1. The summed E-state index contributed by atoms with van der Waals surface area (Å²) < 4.78 is 7.34. The number of rotatable bonds is 7. The van der Waals surface area contributed by atoms with Crippen molar-refractivity contribution >= 4 is 11.9 Å². The minimum atomic E-state index is -0.364. The zero-order chi connectivity index (χ0) is 20.8. The maximum Gasteiger partial charge on any atom is 0.325 e. The van der Waals surface area contributed by atoms with Crippen LogP contribution in [0.15, 0.2) is 85.3 Å². The molecule has 0 atom stereocenters. The third-order valence-electron chi connectivity index (χ3n) is 4.51. The van der Waals surface area contributed by atoms with Crippen molar-refractivity contribution < 1.29 is 9.53 Å². The van der Waals surface area contributed by atoms with E-state index in [1.807, 2.05) is 66.9 Å². The first-order chi connectivity index (χ1) is 14.7. The lowest BCUT2D eigenvalue weighted by atomic mass is 10.1. The van der Waals surface area contributed by atoms with Crippen molar-refractivity contribution in [1.29, 1.82) is 0 Å². The Hall–Kier alpha value is -4.00. The number of esters is 1. The number of carbonyl (C=O) groups excluding carboxylic acids is 1. The van der Waals surface area contributed by atoms with Crippen LogP contribution >= 0.6 is 0 Å². The fourth-order valence-electron chi connectivity index (χ4n) is 3.02. The highest BCUT2D eigenvalue weighted by Gasteiger charge is 2.16. The van der Waals surface area contributed by atoms with E-state index in [4.69, 9.17) is 9.84 Å². The predicted octanol–water partition coefficient (Wildman–Crippen LogP) is 3.51. The number of carbonyl (C=O) groups is 1. The summed E-state index contributed by atoms with van der Waals surface area (Å²) in [5.41, 5.74) is 3.52. The average molecular weight is 399 g/mol. The van der Waals surface area contributed by atoms with Gasteiger partial charge in [-0.05, 0) is 18.2 Å². The van der Waals surface area contributed by atoms with Crippen LogP contribution in [0.25, 0.3) is 16.9 Å². The van der Waals surface area contributed by atoms with Crippen molar-refractivity contribution in [2.45, 2.75) is 6.61 Å². The molecule has 2 aromatic heterocycles. The Morgan fingerprint density at radius 3 is 2.33 bits per heavy atom. The second-order valence-electron chi connectivity index (χ2n) is 6.71. The Morgan fingerprint density at radius 1 is 0.967 bits per heavy atom. The predicted molar refractivity (Wildman–Crippen MR) is 114 cm³/mol. The molecule has 2 aromatic carbocycles. The fourth-order valence-corrected chi connectivity index (χ4v) is 3.02. The van der Waals surface area contributed by atoms with Gasteiger partial charge < -0.3 is 9.64 Å². The number of hydrogen-bond acceptors (Lipinski definition) is 6. The van der Waals surface area contributed by atoms with Crippen molar-refractivity contribution in [3.05, 3.63) is 90.9 Å². The van der Waals surface area contributed by atoms with Gasteiger partial charge in [-0.15, -0.1) is 0 Å². The van der Waals surface area contributed by atoms with Gasteiger partial charge in [-0.2, -0.15) is 5.10 Å². The molecular formula is C23H21N5O2. The first kappa shape index (κ1) is 19.3. The molecule has 0 saturated heterocycles. The van der Waals surface area contributed by atoms with Gasteiger partial charge in [-0.3, -0.25) is 4.79 Å². The van der Waals surface area contributed by atoms with Crippen LogP contribution in [-0.4, -0.2) is 39.3 Å². The molecule has 4 aromatic rings. The SMILES string of the molecule is CN(CC(=O)OCc1cn(-c2ccccc2)nc1-c1ccccc1)c1ncccn1. The molecular weight excluding hydrogens is 378 g/mol. The van der Waals surface area contributed by atoms with Gasteiger partial charge in [-0.1, -0.05) is 48.5 Å². The lowest BCUT2D eigenvalue weighted by molar-refractivity contribution is -0.143. The Kier molecular flexibility index (Phi) is 5.80. The molecule has 0 radical (unpaired) electrons. The first-order valence-corrected chi connectivity index (χ1v) is 9.54.